The van der Waals surface area contributed by atoms with Crippen LogP contribution in [-0.4, -0.2) is 56.1 Å². The topological polar surface area (TPSA) is 38.8 Å². The first-order valence-corrected chi connectivity index (χ1v) is 8.26. The van der Waals surface area contributed by atoms with Gasteiger partial charge in [0.15, 0.2) is 0 Å². The van der Waals surface area contributed by atoms with Crippen molar-refractivity contribution in [2.75, 3.05) is 39.1 Å². The second kappa shape index (κ2) is 8.41. The Bertz CT molecular complexity index is 449. The molecule has 2 rings (SSSR count). The molecule has 1 atom stereocenters. The molecule has 0 aliphatic carbocycles. The monoisotopic (exact) mass is 309 g/mol. The van der Waals surface area contributed by atoms with Crippen molar-refractivity contribution in [1.29, 1.82) is 0 Å². The van der Waals surface area contributed by atoms with Gasteiger partial charge >= 0.3 is 5.97 Å². The quantitative estimate of drug-likeness (QED) is 0.596. The van der Waals surface area contributed by atoms with E-state index in [-0.39, 0.29) is 12.1 Å². The Hall–Kier alpha value is -1.04. The molecular weight excluding hydrogens is 286 g/mol. The fourth-order valence-corrected chi connectivity index (χ4v) is 3.22. The summed E-state index contributed by atoms with van der Waals surface area (Å²) in [5.74, 6) is 0.851. The Morgan fingerprint density at radius 1 is 1.43 bits per heavy atom. The molecule has 4 nitrogen and oxygen atoms in total. The third kappa shape index (κ3) is 5.69. The maximum atomic E-state index is 11.3. The average Bonchev–Trinajstić information content (AvgIpc) is 2.49. The van der Waals surface area contributed by atoms with E-state index in [4.69, 9.17) is 9.47 Å². The molecule has 0 amide bonds. The lowest BCUT2D eigenvalue weighted by molar-refractivity contribution is -0.145. The SMILES string of the molecule is COC(=O)CC1CN(CCSc2ccc(C)cc2)CCO1. The molecule has 0 spiro atoms. The highest BCUT2D eigenvalue weighted by atomic mass is 32.2. The minimum atomic E-state index is -0.198. The van der Waals surface area contributed by atoms with Crippen LogP contribution in [-0.2, 0) is 14.3 Å². The number of carbonyl (C=O) groups is 1. The van der Waals surface area contributed by atoms with Gasteiger partial charge in [-0.2, -0.15) is 0 Å². The second-order valence-electron chi connectivity index (χ2n) is 5.24. The lowest BCUT2D eigenvalue weighted by Gasteiger charge is -2.32. The Kier molecular flexibility index (Phi) is 6.54. The van der Waals surface area contributed by atoms with E-state index in [0.717, 1.165) is 25.4 Å². The summed E-state index contributed by atoms with van der Waals surface area (Å²) in [4.78, 5) is 15.0. The minimum Gasteiger partial charge on any atom is -0.469 e. The van der Waals surface area contributed by atoms with Crippen LogP contribution in [0.2, 0.25) is 0 Å². The Labute approximate surface area is 130 Å². The van der Waals surface area contributed by atoms with Gasteiger partial charge in [-0.1, -0.05) is 17.7 Å². The molecule has 0 aromatic heterocycles. The number of morpholine rings is 1. The highest BCUT2D eigenvalue weighted by Crippen LogP contribution is 2.19. The van der Waals surface area contributed by atoms with E-state index in [2.05, 4.69) is 36.1 Å². The van der Waals surface area contributed by atoms with E-state index in [1.807, 2.05) is 11.8 Å². The lowest BCUT2D eigenvalue weighted by atomic mass is 10.2. The molecule has 1 heterocycles. The van der Waals surface area contributed by atoms with Crippen molar-refractivity contribution in [3.63, 3.8) is 0 Å². The van der Waals surface area contributed by atoms with Crippen LogP contribution in [0.1, 0.15) is 12.0 Å². The van der Waals surface area contributed by atoms with E-state index >= 15 is 0 Å². The molecule has 1 saturated heterocycles. The van der Waals surface area contributed by atoms with E-state index < -0.39 is 0 Å². The summed E-state index contributed by atoms with van der Waals surface area (Å²) in [6.07, 6.45) is 0.313. The van der Waals surface area contributed by atoms with Crippen LogP contribution >= 0.6 is 11.8 Å². The highest BCUT2D eigenvalue weighted by molar-refractivity contribution is 7.99. The number of benzene rings is 1. The second-order valence-corrected chi connectivity index (χ2v) is 6.40. The van der Waals surface area contributed by atoms with Gasteiger partial charge < -0.3 is 9.47 Å². The number of rotatable bonds is 6. The standard InChI is InChI=1S/C16H23NO3S/c1-13-3-5-15(6-4-13)21-10-8-17-7-9-20-14(12-17)11-16(18)19-2/h3-6,14H,7-12H2,1-2H3. The number of nitrogens with zero attached hydrogens (tertiary/aromatic N) is 1. The van der Waals surface area contributed by atoms with Crippen molar-refractivity contribution < 1.29 is 14.3 Å². The molecule has 1 aliphatic rings. The zero-order valence-electron chi connectivity index (χ0n) is 12.7. The summed E-state index contributed by atoms with van der Waals surface area (Å²) in [5, 5.41) is 0. The summed E-state index contributed by atoms with van der Waals surface area (Å²) in [5.41, 5.74) is 1.29. The number of aryl methyl sites for hydroxylation is 1. The van der Waals surface area contributed by atoms with Crippen molar-refractivity contribution in [1.82, 2.24) is 4.90 Å². The number of carbonyl (C=O) groups excluding carboxylic acids is 1. The van der Waals surface area contributed by atoms with Crippen molar-refractivity contribution in [2.24, 2.45) is 0 Å². The van der Waals surface area contributed by atoms with Crippen LogP contribution in [0.25, 0.3) is 0 Å². The zero-order valence-corrected chi connectivity index (χ0v) is 13.5. The van der Waals surface area contributed by atoms with Gasteiger partial charge in [0.25, 0.3) is 0 Å². The predicted molar refractivity (Wildman–Crippen MR) is 84.7 cm³/mol. The van der Waals surface area contributed by atoms with Gasteiger partial charge in [-0.15, -0.1) is 11.8 Å². The molecule has 0 saturated carbocycles. The summed E-state index contributed by atoms with van der Waals surface area (Å²) >= 11 is 1.87. The number of hydrogen-bond donors (Lipinski definition) is 0. The molecule has 116 valence electrons. The first-order valence-electron chi connectivity index (χ1n) is 7.27. The van der Waals surface area contributed by atoms with Crippen molar-refractivity contribution in [3.05, 3.63) is 29.8 Å². The van der Waals surface area contributed by atoms with Gasteiger partial charge in [0.2, 0.25) is 0 Å². The zero-order chi connectivity index (χ0) is 15.1. The maximum absolute atomic E-state index is 11.3. The lowest BCUT2D eigenvalue weighted by Crippen LogP contribution is -2.44. The van der Waals surface area contributed by atoms with E-state index in [0.29, 0.717) is 13.0 Å². The molecule has 1 aromatic rings. The smallest absolute Gasteiger partial charge is 0.308 e. The van der Waals surface area contributed by atoms with Crippen LogP contribution in [0.5, 0.6) is 0 Å². The first kappa shape index (κ1) is 16.3. The van der Waals surface area contributed by atoms with Crippen molar-refractivity contribution in [3.8, 4) is 0 Å². The molecule has 21 heavy (non-hydrogen) atoms. The Balaban J connectivity index is 1.70. The fourth-order valence-electron chi connectivity index (χ4n) is 2.30. The fraction of sp³-hybridized carbons (Fsp3) is 0.562. The molecule has 1 fully saturated rings. The van der Waals surface area contributed by atoms with Crippen LogP contribution in [0.4, 0.5) is 0 Å². The number of esters is 1. The van der Waals surface area contributed by atoms with Gasteiger partial charge in [0.1, 0.15) is 0 Å². The number of thioether (sulfide) groups is 1. The minimum absolute atomic E-state index is 0.0319. The highest BCUT2D eigenvalue weighted by Gasteiger charge is 2.22. The largest absolute Gasteiger partial charge is 0.469 e. The number of ether oxygens (including phenoxy) is 2. The maximum Gasteiger partial charge on any atom is 0.308 e. The Morgan fingerprint density at radius 3 is 2.90 bits per heavy atom. The van der Waals surface area contributed by atoms with Crippen molar-refractivity contribution >= 4 is 17.7 Å². The van der Waals surface area contributed by atoms with Crippen LogP contribution in [0.3, 0.4) is 0 Å². The summed E-state index contributed by atoms with van der Waals surface area (Å²) in [7, 11) is 1.42. The Morgan fingerprint density at radius 2 is 2.19 bits per heavy atom. The summed E-state index contributed by atoms with van der Waals surface area (Å²) < 4.78 is 10.3. The van der Waals surface area contributed by atoms with Crippen molar-refractivity contribution in [2.45, 2.75) is 24.3 Å². The van der Waals surface area contributed by atoms with E-state index in [9.17, 15) is 4.79 Å². The van der Waals surface area contributed by atoms with Gasteiger partial charge in [-0.25, -0.2) is 0 Å². The molecule has 1 aliphatic heterocycles. The van der Waals surface area contributed by atoms with Gasteiger partial charge in [0.05, 0.1) is 26.2 Å². The molecule has 0 bridgehead atoms. The molecule has 1 aromatic carbocycles. The molecule has 5 heteroatoms. The van der Waals surface area contributed by atoms with Crippen LogP contribution < -0.4 is 0 Å². The van der Waals surface area contributed by atoms with Gasteiger partial charge in [0, 0.05) is 30.3 Å². The van der Waals surface area contributed by atoms with Gasteiger partial charge in [-0.05, 0) is 19.1 Å². The molecular formula is C16H23NO3S. The van der Waals surface area contributed by atoms with Crippen LogP contribution in [0, 0.1) is 6.92 Å². The average molecular weight is 309 g/mol. The number of methoxy groups -OCH3 is 1. The number of hydrogen-bond acceptors (Lipinski definition) is 5. The predicted octanol–water partition coefficient (Wildman–Crippen LogP) is 2.35. The first-order chi connectivity index (χ1) is 10.2. The molecule has 0 radical (unpaired) electrons. The summed E-state index contributed by atoms with van der Waals surface area (Å²) in [6, 6.07) is 8.62. The van der Waals surface area contributed by atoms with Crippen LogP contribution in [0.15, 0.2) is 29.2 Å². The third-order valence-electron chi connectivity index (χ3n) is 3.54. The third-order valence-corrected chi connectivity index (χ3v) is 4.53. The molecule has 0 N–H and O–H groups in total. The normalized spacial score (nSPS) is 19.4. The van der Waals surface area contributed by atoms with E-state index in [1.54, 1.807) is 0 Å². The van der Waals surface area contributed by atoms with Gasteiger partial charge in [-0.3, -0.25) is 9.69 Å². The van der Waals surface area contributed by atoms with E-state index in [1.165, 1.54) is 17.6 Å². The summed E-state index contributed by atoms with van der Waals surface area (Å²) in [6.45, 7) is 5.55. The molecule has 1 unspecified atom stereocenters.